The molecule has 0 amide bonds. The van der Waals surface area contributed by atoms with Crippen LogP contribution < -0.4 is 5.32 Å². The number of nitrogens with one attached hydrogen (secondary N) is 1. The van der Waals surface area contributed by atoms with Crippen LogP contribution in [0.2, 0.25) is 0 Å². The Hall–Kier alpha value is -1.21. The van der Waals surface area contributed by atoms with Gasteiger partial charge in [-0.25, -0.2) is 15.0 Å². The highest BCUT2D eigenvalue weighted by Gasteiger charge is 2.07. The lowest BCUT2D eigenvalue weighted by Crippen LogP contribution is -2.05. The third-order valence-electron chi connectivity index (χ3n) is 2.55. The molecule has 0 radical (unpaired) electrons. The molecule has 0 aromatic carbocycles. The SMILES string of the molecule is CCCNc1cc(C)nc(CSc2nc(CC)ns2)n1. The lowest BCUT2D eigenvalue weighted by molar-refractivity contribution is 0.939. The zero-order chi connectivity index (χ0) is 14.4. The molecule has 0 fully saturated rings. The lowest BCUT2D eigenvalue weighted by Gasteiger charge is -2.06. The molecule has 5 nitrogen and oxygen atoms in total. The average Bonchev–Trinajstić information content (AvgIpc) is 2.90. The van der Waals surface area contributed by atoms with E-state index in [9.17, 15) is 0 Å². The first-order valence-electron chi connectivity index (χ1n) is 6.75. The molecule has 0 unspecified atom stereocenters. The Labute approximate surface area is 127 Å². The molecule has 2 rings (SSSR count). The monoisotopic (exact) mass is 309 g/mol. The standard InChI is InChI=1S/C13H19N5S2/c1-4-6-14-11-7-9(3)15-12(16-11)8-19-13-17-10(5-2)18-20-13/h7H,4-6,8H2,1-3H3,(H,14,15,16). The van der Waals surface area contributed by atoms with Crippen molar-refractivity contribution in [1.82, 2.24) is 19.3 Å². The van der Waals surface area contributed by atoms with Crippen molar-refractivity contribution in [3.8, 4) is 0 Å². The van der Waals surface area contributed by atoms with E-state index in [1.165, 1.54) is 11.5 Å². The molecule has 2 aromatic rings. The normalized spacial score (nSPS) is 10.8. The van der Waals surface area contributed by atoms with Gasteiger partial charge in [-0.3, -0.25) is 0 Å². The highest BCUT2D eigenvalue weighted by atomic mass is 32.2. The third kappa shape index (κ3) is 4.42. The van der Waals surface area contributed by atoms with E-state index in [1.807, 2.05) is 13.0 Å². The first-order chi connectivity index (χ1) is 9.71. The van der Waals surface area contributed by atoms with Crippen molar-refractivity contribution in [1.29, 1.82) is 0 Å². The van der Waals surface area contributed by atoms with Gasteiger partial charge >= 0.3 is 0 Å². The van der Waals surface area contributed by atoms with Gasteiger partial charge in [-0.1, -0.05) is 25.6 Å². The number of aromatic nitrogens is 4. The van der Waals surface area contributed by atoms with Crippen molar-refractivity contribution in [3.63, 3.8) is 0 Å². The Bertz CT molecular complexity index is 555. The summed E-state index contributed by atoms with van der Waals surface area (Å²) in [6.07, 6.45) is 1.96. The summed E-state index contributed by atoms with van der Waals surface area (Å²) in [5.74, 6) is 3.37. The van der Waals surface area contributed by atoms with E-state index in [0.717, 1.165) is 52.6 Å². The van der Waals surface area contributed by atoms with E-state index in [0.29, 0.717) is 0 Å². The molecule has 108 valence electrons. The zero-order valence-corrected chi connectivity index (χ0v) is 13.6. The van der Waals surface area contributed by atoms with Crippen LogP contribution in [-0.4, -0.2) is 25.9 Å². The van der Waals surface area contributed by atoms with Crippen molar-refractivity contribution in [2.75, 3.05) is 11.9 Å². The molecular weight excluding hydrogens is 290 g/mol. The van der Waals surface area contributed by atoms with Gasteiger partial charge in [0.15, 0.2) is 4.34 Å². The Balaban J connectivity index is 1.99. The number of aryl methyl sites for hydroxylation is 2. The molecular formula is C13H19N5S2. The van der Waals surface area contributed by atoms with E-state index in [2.05, 4.69) is 38.5 Å². The van der Waals surface area contributed by atoms with Crippen LogP contribution in [0.15, 0.2) is 10.4 Å². The second kappa shape index (κ2) is 7.54. The Morgan fingerprint density at radius 2 is 2.05 bits per heavy atom. The quantitative estimate of drug-likeness (QED) is 0.792. The van der Waals surface area contributed by atoms with E-state index < -0.39 is 0 Å². The minimum atomic E-state index is 0.723. The molecule has 20 heavy (non-hydrogen) atoms. The maximum atomic E-state index is 4.53. The summed E-state index contributed by atoms with van der Waals surface area (Å²) in [6, 6.07) is 1.98. The second-order valence-corrected chi connectivity index (χ2v) is 6.33. The Morgan fingerprint density at radius 1 is 1.20 bits per heavy atom. The van der Waals surface area contributed by atoms with Gasteiger partial charge in [0.2, 0.25) is 0 Å². The maximum Gasteiger partial charge on any atom is 0.170 e. The number of anilines is 1. The van der Waals surface area contributed by atoms with Gasteiger partial charge in [-0.2, -0.15) is 4.37 Å². The summed E-state index contributed by atoms with van der Waals surface area (Å²) >= 11 is 3.09. The summed E-state index contributed by atoms with van der Waals surface area (Å²) in [5.41, 5.74) is 0.987. The summed E-state index contributed by atoms with van der Waals surface area (Å²) in [7, 11) is 0. The highest BCUT2D eigenvalue weighted by Crippen LogP contribution is 2.23. The predicted octanol–water partition coefficient (Wildman–Crippen LogP) is 3.31. The summed E-state index contributed by atoms with van der Waals surface area (Å²) in [4.78, 5) is 13.4. The van der Waals surface area contributed by atoms with Crippen LogP contribution in [0.4, 0.5) is 5.82 Å². The smallest absolute Gasteiger partial charge is 0.170 e. The lowest BCUT2D eigenvalue weighted by atomic mass is 10.4. The summed E-state index contributed by atoms with van der Waals surface area (Å²) in [6.45, 7) is 7.12. The number of rotatable bonds is 7. The molecule has 0 aliphatic rings. The number of nitrogens with zero attached hydrogens (tertiary/aromatic N) is 4. The van der Waals surface area contributed by atoms with Gasteiger partial charge in [0.25, 0.3) is 0 Å². The summed E-state index contributed by atoms with van der Waals surface area (Å²) < 4.78 is 5.26. The van der Waals surface area contributed by atoms with E-state index in [4.69, 9.17) is 0 Å². The Morgan fingerprint density at radius 3 is 2.75 bits per heavy atom. The fourth-order valence-electron chi connectivity index (χ4n) is 1.60. The van der Waals surface area contributed by atoms with Crippen LogP contribution in [0.1, 0.15) is 37.6 Å². The third-order valence-corrected chi connectivity index (χ3v) is 4.41. The van der Waals surface area contributed by atoms with Crippen molar-refractivity contribution >= 4 is 29.1 Å². The Kier molecular flexibility index (Phi) is 5.72. The second-order valence-electron chi connectivity index (χ2n) is 4.36. The van der Waals surface area contributed by atoms with Gasteiger partial charge in [-0.05, 0) is 24.9 Å². The molecule has 2 heterocycles. The molecule has 2 aromatic heterocycles. The van der Waals surface area contributed by atoms with Crippen LogP contribution in [0.5, 0.6) is 0 Å². The maximum absolute atomic E-state index is 4.53. The molecule has 0 aliphatic heterocycles. The molecule has 0 saturated heterocycles. The number of hydrogen-bond donors (Lipinski definition) is 1. The van der Waals surface area contributed by atoms with Crippen molar-refractivity contribution in [2.24, 2.45) is 0 Å². The van der Waals surface area contributed by atoms with Crippen molar-refractivity contribution < 1.29 is 0 Å². The molecule has 0 spiro atoms. The molecule has 7 heteroatoms. The molecule has 1 N–H and O–H groups in total. The van der Waals surface area contributed by atoms with Crippen LogP contribution >= 0.6 is 23.3 Å². The minimum absolute atomic E-state index is 0.723. The average molecular weight is 309 g/mol. The highest BCUT2D eigenvalue weighted by molar-refractivity contribution is 8.00. The first-order valence-corrected chi connectivity index (χ1v) is 8.51. The first kappa shape index (κ1) is 15.2. The van der Waals surface area contributed by atoms with Crippen LogP contribution in [-0.2, 0) is 12.2 Å². The van der Waals surface area contributed by atoms with E-state index >= 15 is 0 Å². The van der Waals surface area contributed by atoms with Gasteiger partial charge < -0.3 is 5.32 Å². The van der Waals surface area contributed by atoms with Crippen LogP contribution in [0.25, 0.3) is 0 Å². The largest absolute Gasteiger partial charge is 0.370 e. The van der Waals surface area contributed by atoms with E-state index in [1.54, 1.807) is 11.8 Å². The molecule has 0 aliphatic carbocycles. The van der Waals surface area contributed by atoms with Gasteiger partial charge in [0.05, 0.1) is 5.75 Å². The van der Waals surface area contributed by atoms with Crippen LogP contribution in [0.3, 0.4) is 0 Å². The molecule has 0 bridgehead atoms. The molecule has 0 saturated carbocycles. The fourth-order valence-corrected chi connectivity index (χ4v) is 3.16. The molecule has 0 atom stereocenters. The number of thioether (sulfide) groups is 1. The minimum Gasteiger partial charge on any atom is -0.370 e. The topological polar surface area (TPSA) is 63.6 Å². The van der Waals surface area contributed by atoms with Gasteiger partial charge in [0.1, 0.15) is 17.5 Å². The van der Waals surface area contributed by atoms with E-state index in [-0.39, 0.29) is 0 Å². The van der Waals surface area contributed by atoms with Gasteiger partial charge in [0, 0.05) is 24.7 Å². The van der Waals surface area contributed by atoms with Crippen LogP contribution in [0, 0.1) is 6.92 Å². The van der Waals surface area contributed by atoms with Crippen molar-refractivity contribution in [2.45, 2.75) is 43.7 Å². The predicted molar refractivity (Wildman–Crippen MR) is 84.4 cm³/mol. The summed E-state index contributed by atoms with van der Waals surface area (Å²) in [5, 5.41) is 3.30. The van der Waals surface area contributed by atoms with Crippen molar-refractivity contribution in [3.05, 3.63) is 23.4 Å². The van der Waals surface area contributed by atoms with Gasteiger partial charge in [-0.15, -0.1) is 0 Å². The fraction of sp³-hybridized carbons (Fsp3) is 0.538. The number of hydrogen-bond acceptors (Lipinski definition) is 7. The zero-order valence-electron chi connectivity index (χ0n) is 12.0.